The van der Waals surface area contributed by atoms with Gasteiger partial charge in [-0.05, 0) is 48.8 Å². The van der Waals surface area contributed by atoms with Gasteiger partial charge >= 0.3 is 0 Å². The highest BCUT2D eigenvalue weighted by Crippen LogP contribution is 2.50. The Hall–Kier alpha value is -2.20. The van der Waals surface area contributed by atoms with Crippen molar-refractivity contribution in [2.75, 3.05) is 10.7 Å². The molecule has 31 heavy (non-hydrogen) atoms. The van der Waals surface area contributed by atoms with Gasteiger partial charge in [-0.15, -0.1) is 23.1 Å². The molecule has 0 saturated carbocycles. The van der Waals surface area contributed by atoms with Gasteiger partial charge in [-0.3, -0.25) is 9.69 Å². The maximum absolute atomic E-state index is 13.3. The molecule has 0 radical (unpaired) electrons. The molecule has 1 aromatic heterocycles. The molecule has 2 aliphatic rings. The van der Waals surface area contributed by atoms with Crippen LogP contribution in [0.4, 0.5) is 5.69 Å². The average molecular weight is 470 g/mol. The fraction of sp³-hybridized carbons (Fsp3) is 0.333. The Morgan fingerprint density at radius 1 is 1.32 bits per heavy atom. The molecule has 0 amide bonds. The number of anilines is 1. The van der Waals surface area contributed by atoms with E-state index in [0.717, 1.165) is 36.3 Å². The van der Waals surface area contributed by atoms with E-state index >= 15 is 0 Å². The third kappa shape index (κ3) is 3.80. The molecule has 0 unspecified atom stereocenters. The molecular formula is C24H24ClN3OS2. The Bertz CT molecular complexity index is 1140. The highest BCUT2D eigenvalue weighted by molar-refractivity contribution is 8.01. The number of thiophene rings is 1. The van der Waals surface area contributed by atoms with E-state index in [1.807, 2.05) is 23.1 Å². The van der Waals surface area contributed by atoms with Gasteiger partial charge in [-0.1, -0.05) is 37.6 Å². The molecule has 2 heterocycles. The monoisotopic (exact) mass is 469 g/mol. The molecule has 2 N–H and O–H groups in total. The van der Waals surface area contributed by atoms with Crippen LogP contribution in [0.2, 0.25) is 5.02 Å². The van der Waals surface area contributed by atoms with Crippen LogP contribution in [-0.2, 0) is 11.2 Å². The molecular weight excluding hydrogens is 446 g/mol. The summed E-state index contributed by atoms with van der Waals surface area (Å²) in [5, 5.41) is 10.7. The third-order valence-corrected chi connectivity index (χ3v) is 8.52. The SMILES string of the molecule is CCSc1sc(CC)cc1[C@@H]1C(C#N)=C(N)N(c2ccccc2Cl)C2=C1C(=O)CCC2. The maximum Gasteiger partial charge on any atom is 0.161 e. The molecule has 1 aliphatic carbocycles. The van der Waals surface area contributed by atoms with E-state index in [1.54, 1.807) is 29.2 Å². The molecule has 0 spiro atoms. The summed E-state index contributed by atoms with van der Waals surface area (Å²) in [5.74, 6) is 0.971. The fourth-order valence-corrected chi connectivity index (χ4v) is 6.96. The first-order chi connectivity index (χ1) is 15.0. The minimum Gasteiger partial charge on any atom is -0.384 e. The normalized spacial score (nSPS) is 19.0. The molecule has 0 bridgehead atoms. The predicted molar refractivity (Wildman–Crippen MR) is 129 cm³/mol. The Balaban J connectivity index is 1.99. The number of benzene rings is 1. The van der Waals surface area contributed by atoms with E-state index in [0.29, 0.717) is 34.1 Å². The standard InChI is InChI=1S/C24H24ClN3OS2/c1-3-14-12-15(24(31-14)30-4-2)21-16(13-26)23(27)28(18-9-6-5-8-17(18)25)19-10-7-11-20(29)22(19)21/h5-6,8-9,12,21H,3-4,7,10-11,27H2,1-2H3/t21-/m1/s1. The number of nitriles is 1. The number of thioether (sulfide) groups is 1. The number of para-hydroxylation sites is 1. The van der Waals surface area contributed by atoms with Gasteiger partial charge in [0.2, 0.25) is 0 Å². The number of aryl methyl sites for hydroxylation is 1. The minimum absolute atomic E-state index is 0.0975. The quantitative estimate of drug-likeness (QED) is 0.514. The molecule has 0 saturated heterocycles. The van der Waals surface area contributed by atoms with Crippen LogP contribution in [-0.4, -0.2) is 11.5 Å². The number of ketones is 1. The number of nitrogens with two attached hydrogens (primary N) is 1. The Labute approximate surface area is 196 Å². The molecule has 0 fully saturated rings. The van der Waals surface area contributed by atoms with Crippen LogP contribution >= 0.6 is 34.7 Å². The predicted octanol–water partition coefficient (Wildman–Crippen LogP) is 6.38. The number of carbonyl (C=O) groups is 1. The summed E-state index contributed by atoms with van der Waals surface area (Å²) in [4.78, 5) is 16.4. The average Bonchev–Trinajstić information content (AvgIpc) is 3.17. The smallest absolute Gasteiger partial charge is 0.161 e. The number of hydrogen-bond acceptors (Lipinski definition) is 6. The second-order valence-corrected chi connectivity index (χ2v) is 10.6. The number of halogens is 1. The molecule has 160 valence electrons. The number of Topliss-reactive ketones (excluding diaryl/α,β-unsaturated/α-hetero) is 1. The third-order valence-electron chi connectivity index (χ3n) is 5.72. The van der Waals surface area contributed by atoms with E-state index < -0.39 is 5.92 Å². The molecule has 1 aromatic carbocycles. The Morgan fingerprint density at radius 2 is 2.10 bits per heavy atom. The van der Waals surface area contributed by atoms with Crippen molar-refractivity contribution in [1.29, 1.82) is 5.26 Å². The summed E-state index contributed by atoms with van der Waals surface area (Å²) < 4.78 is 1.17. The van der Waals surface area contributed by atoms with Gasteiger partial charge in [0.1, 0.15) is 5.82 Å². The first-order valence-corrected chi connectivity index (χ1v) is 12.7. The van der Waals surface area contributed by atoms with E-state index in [9.17, 15) is 10.1 Å². The van der Waals surface area contributed by atoms with Crippen LogP contribution < -0.4 is 10.6 Å². The zero-order valence-corrected chi connectivity index (χ0v) is 20.0. The van der Waals surface area contributed by atoms with Crippen molar-refractivity contribution < 1.29 is 4.79 Å². The lowest BCUT2D eigenvalue weighted by Gasteiger charge is -2.40. The largest absolute Gasteiger partial charge is 0.384 e. The zero-order chi connectivity index (χ0) is 22.1. The first kappa shape index (κ1) is 22.0. The molecule has 2 aromatic rings. The van der Waals surface area contributed by atoms with Crippen molar-refractivity contribution in [1.82, 2.24) is 0 Å². The number of allylic oxidation sites excluding steroid dienone is 3. The Kier molecular flexibility index (Phi) is 6.47. The fourth-order valence-electron chi connectivity index (χ4n) is 4.36. The number of nitrogens with zero attached hydrogens (tertiary/aromatic N) is 2. The van der Waals surface area contributed by atoms with Crippen LogP contribution in [0.1, 0.15) is 49.5 Å². The Morgan fingerprint density at radius 3 is 2.77 bits per heavy atom. The topological polar surface area (TPSA) is 70.1 Å². The van der Waals surface area contributed by atoms with Gasteiger partial charge in [-0.25, -0.2) is 0 Å². The molecule has 1 atom stereocenters. The molecule has 4 rings (SSSR count). The number of hydrogen-bond donors (Lipinski definition) is 1. The lowest BCUT2D eigenvalue weighted by Crippen LogP contribution is -2.38. The van der Waals surface area contributed by atoms with Crippen molar-refractivity contribution in [3.8, 4) is 6.07 Å². The zero-order valence-electron chi connectivity index (χ0n) is 17.6. The lowest BCUT2D eigenvalue weighted by molar-refractivity contribution is -0.116. The second-order valence-electron chi connectivity index (χ2n) is 7.51. The summed E-state index contributed by atoms with van der Waals surface area (Å²) in [6, 6.07) is 11.9. The minimum atomic E-state index is -0.419. The second kappa shape index (κ2) is 9.12. The van der Waals surface area contributed by atoms with E-state index in [4.69, 9.17) is 17.3 Å². The number of rotatable bonds is 5. The van der Waals surface area contributed by atoms with Gasteiger partial charge in [0.05, 0.1) is 32.5 Å². The van der Waals surface area contributed by atoms with Gasteiger partial charge < -0.3 is 5.73 Å². The summed E-state index contributed by atoms with van der Waals surface area (Å²) in [7, 11) is 0. The number of carbonyl (C=O) groups excluding carboxylic acids is 1. The van der Waals surface area contributed by atoms with E-state index in [1.165, 1.54) is 9.09 Å². The maximum atomic E-state index is 13.3. The summed E-state index contributed by atoms with van der Waals surface area (Å²) in [6.07, 6.45) is 2.90. The van der Waals surface area contributed by atoms with Crippen LogP contribution in [0.5, 0.6) is 0 Å². The summed E-state index contributed by atoms with van der Waals surface area (Å²) in [6.45, 7) is 4.24. The van der Waals surface area contributed by atoms with Crippen molar-refractivity contribution in [2.45, 2.75) is 49.7 Å². The molecule has 1 aliphatic heterocycles. The summed E-state index contributed by atoms with van der Waals surface area (Å²) >= 11 is 10.0. The van der Waals surface area contributed by atoms with Crippen LogP contribution in [0.3, 0.4) is 0 Å². The van der Waals surface area contributed by atoms with Gasteiger partial charge in [0, 0.05) is 22.6 Å². The van der Waals surface area contributed by atoms with E-state index in [2.05, 4.69) is 26.0 Å². The van der Waals surface area contributed by atoms with Crippen molar-refractivity contribution >= 4 is 46.2 Å². The van der Waals surface area contributed by atoms with Gasteiger partial charge in [0.15, 0.2) is 5.78 Å². The lowest BCUT2D eigenvalue weighted by atomic mass is 9.76. The van der Waals surface area contributed by atoms with Crippen molar-refractivity contribution in [2.24, 2.45) is 5.73 Å². The van der Waals surface area contributed by atoms with Crippen LogP contribution in [0, 0.1) is 11.3 Å². The van der Waals surface area contributed by atoms with E-state index in [-0.39, 0.29) is 5.78 Å². The highest BCUT2D eigenvalue weighted by atomic mass is 35.5. The van der Waals surface area contributed by atoms with Crippen molar-refractivity contribution in [3.63, 3.8) is 0 Å². The molecule has 4 nitrogen and oxygen atoms in total. The summed E-state index contributed by atoms with van der Waals surface area (Å²) in [5.41, 5.74) is 10.4. The van der Waals surface area contributed by atoms with Gasteiger partial charge in [-0.2, -0.15) is 5.26 Å². The van der Waals surface area contributed by atoms with Crippen LogP contribution in [0.25, 0.3) is 0 Å². The van der Waals surface area contributed by atoms with Crippen LogP contribution in [0.15, 0.2) is 57.2 Å². The highest BCUT2D eigenvalue weighted by Gasteiger charge is 2.41. The first-order valence-electron chi connectivity index (χ1n) is 10.5. The van der Waals surface area contributed by atoms with Gasteiger partial charge in [0.25, 0.3) is 0 Å². The van der Waals surface area contributed by atoms with Crippen molar-refractivity contribution in [3.05, 3.63) is 68.5 Å². The molecule has 7 heteroatoms.